The van der Waals surface area contributed by atoms with Gasteiger partial charge in [0.2, 0.25) is 0 Å². The Bertz CT molecular complexity index is 705. The topological polar surface area (TPSA) is 90.1 Å². The third-order valence-corrected chi connectivity index (χ3v) is 3.12. The van der Waals surface area contributed by atoms with E-state index in [1.807, 2.05) is 12.1 Å². The summed E-state index contributed by atoms with van der Waals surface area (Å²) in [6, 6.07) is 5.49. The first kappa shape index (κ1) is 12.3. The van der Waals surface area contributed by atoms with E-state index >= 15 is 0 Å². The molecule has 0 radical (unpaired) electrons. The van der Waals surface area contributed by atoms with Gasteiger partial charge in [-0.25, -0.2) is 9.48 Å². The van der Waals surface area contributed by atoms with Gasteiger partial charge >= 0.3 is 5.97 Å². The van der Waals surface area contributed by atoms with Gasteiger partial charge in [-0.05, 0) is 34.7 Å². The Kier molecular flexibility index (Phi) is 2.94. The lowest BCUT2D eigenvalue weighted by molar-refractivity contribution is -0.132. The van der Waals surface area contributed by atoms with Gasteiger partial charge in [-0.1, -0.05) is 0 Å². The van der Waals surface area contributed by atoms with Crippen LogP contribution in [-0.4, -0.2) is 37.9 Å². The number of aryl methyl sites for hydroxylation is 1. The number of rotatable bonds is 2. The van der Waals surface area contributed by atoms with Crippen molar-refractivity contribution in [2.24, 2.45) is 7.05 Å². The van der Waals surface area contributed by atoms with Gasteiger partial charge in [0.05, 0.1) is 6.61 Å². The minimum absolute atomic E-state index is 0.331. The predicted octanol–water partition coefficient (Wildman–Crippen LogP) is 1.13. The van der Waals surface area contributed by atoms with Gasteiger partial charge in [0, 0.05) is 30.2 Å². The Morgan fingerprint density at radius 3 is 3.00 bits per heavy atom. The number of nitrogens with zero attached hydrogens (tertiary/aromatic N) is 4. The number of carboxylic acids is 1. The third-order valence-electron chi connectivity index (χ3n) is 3.12. The predicted molar refractivity (Wildman–Crippen MR) is 70.0 cm³/mol. The molecule has 102 valence electrons. The summed E-state index contributed by atoms with van der Waals surface area (Å²) < 4.78 is 7.11. The monoisotopic (exact) mass is 272 g/mol. The third kappa shape index (κ3) is 2.13. The number of carboxylic acid groups (broad SMARTS) is 1. The number of fused-ring (bicyclic) bond motifs is 1. The molecule has 20 heavy (non-hydrogen) atoms. The van der Waals surface area contributed by atoms with Crippen molar-refractivity contribution in [2.45, 2.75) is 6.42 Å². The number of carbonyl (C=O) groups is 1. The first-order valence-corrected chi connectivity index (χ1v) is 6.08. The summed E-state index contributed by atoms with van der Waals surface area (Å²) in [4.78, 5) is 11.1. The molecule has 0 saturated heterocycles. The summed E-state index contributed by atoms with van der Waals surface area (Å²) in [5, 5.41) is 20.4. The number of tetrazole rings is 1. The summed E-state index contributed by atoms with van der Waals surface area (Å²) in [5.74, 6) is 0.356. The Labute approximate surface area is 114 Å². The number of hydrogen-bond donors (Lipinski definition) is 1. The molecule has 0 amide bonds. The van der Waals surface area contributed by atoms with Gasteiger partial charge in [-0.3, -0.25) is 0 Å². The van der Waals surface area contributed by atoms with Crippen LogP contribution in [0.15, 0.2) is 23.8 Å². The van der Waals surface area contributed by atoms with Gasteiger partial charge < -0.3 is 9.84 Å². The molecule has 1 aromatic heterocycles. The van der Waals surface area contributed by atoms with Crippen molar-refractivity contribution >= 4 is 12.0 Å². The summed E-state index contributed by atoms with van der Waals surface area (Å²) in [6.07, 6.45) is 2.02. The van der Waals surface area contributed by atoms with Crippen LogP contribution < -0.4 is 4.74 Å². The van der Waals surface area contributed by atoms with Gasteiger partial charge in [0.25, 0.3) is 0 Å². The van der Waals surface area contributed by atoms with Crippen molar-refractivity contribution in [1.82, 2.24) is 20.2 Å². The highest BCUT2D eigenvalue weighted by Crippen LogP contribution is 2.29. The lowest BCUT2D eigenvalue weighted by Crippen LogP contribution is -2.03. The molecule has 0 saturated carbocycles. The normalized spacial score (nSPS) is 13.9. The fourth-order valence-electron chi connectivity index (χ4n) is 2.11. The number of aromatic nitrogens is 4. The molecule has 0 unspecified atom stereocenters. The number of aliphatic carboxylic acids is 1. The van der Waals surface area contributed by atoms with Crippen molar-refractivity contribution in [2.75, 3.05) is 6.61 Å². The summed E-state index contributed by atoms with van der Waals surface area (Å²) in [5.41, 5.74) is 1.86. The Morgan fingerprint density at radius 1 is 1.45 bits per heavy atom. The molecule has 3 rings (SSSR count). The van der Waals surface area contributed by atoms with E-state index in [0.29, 0.717) is 30.2 Å². The van der Waals surface area contributed by atoms with Crippen LogP contribution in [0.4, 0.5) is 0 Å². The molecule has 0 atom stereocenters. The fourth-order valence-corrected chi connectivity index (χ4v) is 2.11. The van der Waals surface area contributed by atoms with Crippen LogP contribution in [0.25, 0.3) is 17.5 Å². The lowest BCUT2D eigenvalue weighted by Gasteiger charge is -2.07. The van der Waals surface area contributed by atoms with E-state index in [9.17, 15) is 4.79 Å². The Morgan fingerprint density at radius 2 is 2.30 bits per heavy atom. The van der Waals surface area contributed by atoms with Crippen LogP contribution in [-0.2, 0) is 11.8 Å². The van der Waals surface area contributed by atoms with Crippen LogP contribution in [0.3, 0.4) is 0 Å². The van der Waals surface area contributed by atoms with Crippen LogP contribution in [0.1, 0.15) is 12.0 Å². The van der Waals surface area contributed by atoms with E-state index in [-0.39, 0.29) is 0 Å². The van der Waals surface area contributed by atoms with E-state index in [2.05, 4.69) is 15.5 Å². The molecule has 2 aromatic rings. The molecule has 1 aromatic carbocycles. The SMILES string of the molecule is Cn1nnnc1-c1ccc2c(c1)C=C(C(=O)O)CCO2. The van der Waals surface area contributed by atoms with E-state index in [1.54, 1.807) is 23.9 Å². The van der Waals surface area contributed by atoms with Gasteiger partial charge in [0.1, 0.15) is 5.75 Å². The zero-order valence-electron chi connectivity index (χ0n) is 10.8. The van der Waals surface area contributed by atoms with Crippen molar-refractivity contribution in [1.29, 1.82) is 0 Å². The number of ether oxygens (including phenoxy) is 1. The zero-order chi connectivity index (χ0) is 14.1. The summed E-state index contributed by atoms with van der Waals surface area (Å²) in [7, 11) is 1.75. The van der Waals surface area contributed by atoms with Crippen LogP contribution >= 0.6 is 0 Å². The minimum Gasteiger partial charge on any atom is -0.493 e. The van der Waals surface area contributed by atoms with E-state index in [0.717, 1.165) is 11.1 Å². The van der Waals surface area contributed by atoms with Crippen molar-refractivity contribution in [3.05, 3.63) is 29.3 Å². The average Bonchev–Trinajstić information content (AvgIpc) is 2.73. The first-order valence-electron chi connectivity index (χ1n) is 6.08. The second-order valence-electron chi connectivity index (χ2n) is 4.45. The zero-order valence-corrected chi connectivity index (χ0v) is 10.8. The second-order valence-corrected chi connectivity index (χ2v) is 4.45. The van der Waals surface area contributed by atoms with Gasteiger partial charge in [-0.2, -0.15) is 0 Å². The summed E-state index contributed by atoms with van der Waals surface area (Å²) in [6.45, 7) is 0.357. The minimum atomic E-state index is -0.924. The van der Waals surface area contributed by atoms with Gasteiger partial charge in [0.15, 0.2) is 5.82 Å². The molecule has 2 heterocycles. The maximum absolute atomic E-state index is 11.1. The van der Waals surface area contributed by atoms with E-state index in [4.69, 9.17) is 9.84 Å². The Balaban J connectivity index is 2.09. The van der Waals surface area contributed by atoms with Crippen LogP contribution in [0.5, 0.6) is 5.75 Å². The molecule has 1 aliphatic heterocycles. The smallest absolute Gasteiger partial charge is 0.331 e. The molecule has 1 aliphatic rings. The van der Waals surface area contributed by atoms with Crippen molar-refractivity contribution < 1.29 is 14.6 Å². The molecule has 0 bridgehead atoms. The largest absolute Gasteiger partial charge is 0.493 e. The molecule has 0 fully saturated rings. The summed E-state index contributed by atoms with van der Waals surface area (Å²) >= 11 is 0. The lowest BCUT2D eigenvalue weighted by atomic mass is 10.1. The van der Waals surface area contributed by atoms with E-state index in [1.165, 1.54) is 0 Å². The molecule has 0 spiro atoms. The maximum atomic E-state index is 11.1. The number of benzene rings is 1. The highest BCUT2D eigenvalue weighted by Gasteiger charge is 2.16. The van der Waals surface area contributed by atoms with Crippen molar-refractivity contribution in [3.63, 3.8) is 0 Å². The molecule has 1 N–H and O–H groups in total. The second kappa shape index (κ2) is 4.76. The first-order chi connectivity index (χ1) is 9.65. The highest BCUT2D eigenvalue weighted by molar-refractivity contribution is 5.93. The molecule has 0 aliphatic carbocycles. The van der Waals surface area contributed by atoms with Crippen molar-refractivity contribution in [3.8, 4) is 17.1 Å². The average molecular weight is 272 g/mol. The highest BCUT2D eigenvalue weighted by atomic mass is 16.5. The fraction of sp³-hybridized carbons (Fsp3) is 0.231. The van der Waals surface area contributed by atoms with Gasteiger partial charge in [-0.15, -0.1) is 5.10 Å². The molecule has 7 heteroatoms. The maximum Gasteiger partial charge on any atom is 0.331 e. The standard InChI is InChI=1S/C13H12N4O3/c1-17-12(14-15-16-17)8-2-3-11-10(6-8)7-9(13(18)19)4-5-20-11/h2-3,6-7H,4-5H2,1H3,(H,18,19). The quantitative estimate of drug-likeness (QED) is 0.881. The van der Waals surface area contributed by atoms with Crippen LogP contribution in [0, 0.1) is 0 Å². The molecule has 7 nitrogen and oxygen atoms in total. The van der Waals surface area contributed by atoms with E-state index < -0.39 is 5.97 Å². The van der Waals surface area contributed by atoms with Crippen LogP contribution in [0.2, 0.25) is 0 Å². The molecular formula is C13H12N4O3. The Hall–Kier alpha value is -2.70. The number of hydrogen-bond acceptors (Lipinski definition) is 5. The molecular weight excluding hydrogens is 260 g/mol.